The number of amides is 1. The Kier molecular flexibility index (Phi) is 5.55. The number of rotatable bonds is 6. The monoisotopic (exact) mass is 316 g/mol. The summed E-state index contributed by atoms with van der Waals surface area (Å²) in [5, 5.41) is 0. The lowest BCUT2D eigenvalue weighted by Gasteiger charge is -2.32. The Bertz CT molecular complexity index is 501. The van der Waals surface area contributed by atoms with E-state index in [1.165, 1.54) is 19.3 Å². The number of benzene rings is 1. The molecular weight excluding hydrogens is 288 g/mol. The van der Waals surface area contributed by atoms with Crippen LogP contribution in [0.1, 0.15) is 44.1 Å². The number of nitrogens with two attached hydrogens (primary N) is 1. The molecule has 2 N–H and O–H groups in total. The van der Waals surface area contributed by atoms with E-state index in [9.17, 15) is 4.79 Å². The van der Waals surface area contributed by atoms with Gasteiger partial charge in [0.2, 0.25) is 0 Å². The molecule has 126 valence electrons. The number of hydrogen-bond acceptors (Lipinski definition) is 3. The SMILES string of the molecule is NC[C@@H]1CCC[C@H](CN(C(=O)OCc2ccccc2)C2CC2)C1. The van der Waals surface area contributed by atoms with Crippen LogP contribution < -0.4 is 5.73 Å². The highest BCUT2D eigenvalue weighted by Crippen LogP contribution is 2.33. The van der Waals surface area contributed by atoms with Crippen LogP contribution in [0, 0.1) is 11.8 Å². The Morgan fingerprint density at radius 2 is 1.87 bits per heavy atom. The van der Waals surface area contributed by atoms with Gasteiger partial charge in [0.1, 0.15) is 6.61 Å². The van der Waals surface area contributed by atoms with Crippen molar-refractivity contribution in [3.8, 4) is 0 Å². The van der Waals surface area contributed by atoms with Gasteiger partial charge in [0.25, 0.3) is 0 Å². The summed E-state index contributed by atoms with van der Waals surface area (Å²) >= 11 is 0. The highest BCUT2D eigenvalue weighted by atomic mass is 16.6. The maximum Gasteiger partial charge on any atom is 0.410 e. The first kappa shape index (κ1) is 16.3. The lowest BCUT2D eigenvalue weighted by molar-refractivity contribution is 0.0814. The third-order valence-electron chi connectivity index (χ3n) is 5.11. The van der Waals surface area contributed by atoms with E-state index in [2.05, 4.69) is 0 Å². The van der Waals surface area contributed by atoms with E-state index in [-0.39, 0.29) is 6.09 Å². The van der Waals surface area contributed by atoms with Crippen LogP contribution in [0.15, 0.2) is 30.3 Å². The molecule has 2 fully saturated rings. The average Bonchev–Trinajstić information content (AvgIpc) is 3.43. The van der Waals surface area contributed by atoms with Crippen molar-refractivity contribution in [3.05, 3.63) is 35.9 Å². The lowest BCUT2D eigenvalue weighted by Crippen LogP contribution is -2.39. The van der Waals surface area contributed by atoms with Gasteiger partial charge in [-0.1, -0.05) is 36.8 Å². The van der Waals surface area contributed by atoms with E-state index >= 15 is 0 Å². The van der Waals surface area contributed by atoms with Crippen molar-refractivity contribution in [2.75, 3.05) is 13.1 Å². The fraction of sp³-hybridized carbons (Fsp3) is 0.632. The summed E-state index contributed by atoms with van der Waals surface area (Å²) in [5.41, 5.74) is 6.87. The molecule has 2 aliphatic rings. The second-order valence-electron chi connectivity index (χ2n) is 7.06. The number of ether oxygens (including phenoxy) is 1. The molecule has 0 aromatic heterocycles. The van der Waals surface area contributed by atoms with Gasteiger partial charge in [-0.3, -0.25) is 0 Å². The second-order valence-corrected chi connectivity index (χ2v) is 7.06. The van der Waals surface area contributed by atoms with E-state index < -0.39 is 0 Å². The molecule has 23 heavy (non-hydrogen) atoms. The highest BCUT2D eigenvalue weighted by Gasteiger charge is 2.36. The summed E-state index contributed by atoms with van der Waals surface area (Å²) in [6, 6.07) is 10.3. The summed E-state index contributed by atoms with van der Waals surface area (Å²) in [5.74, 6) is 1.22. The first-order chi connectivity index (χ1) is 11.3. The Labute approximate surface area is 139 Å². The van der Waals surface area contributed by atoms with Crippen molar-refractivity contribution in [3.63, 3.8) is 0 Å². The molecule has 3 rings (SSSR count). The molecule has 4 heteroatoms. The van der Waals surface area contributed by atoms with E-state index in [4.69, 9.17) is 10.5 Å². The highest BCUT2D eigenvalue weighted by molar-refractivity contribution is 5.68. The number of carbonyl (C=O) groups is 1. The summed E-state index contributed by atoms with van der Waals surface area (Å²) in [4.78, 5) is 14.5. The Hall–Kier alpha value is -1.55. The summed E-state index contributed by atoms with van der Waals surface area (Å²) < 4.78 is 5.55. The Balaban J connectivity index is 1.52. The van der Waals surface area contributed by atoms with Crippen LogP contribution in [0.3, 0.4) is 0 Å². The van der Waals surface area contributed by atoms with E-state index in [0.29, 0.717) is 24.5 Å². The fourth-order valence-electron chi connectivity index (χ4n) is 3.62. The van der Waals surface area contributed by atoms with Crippen LogP contribution in [0.4, 0.5) is 4.79 Å². The van der Waals surface area contributed by atoms with Gasteiger partial charge in [0, 0.05) is 12.6 Å². The average molecular weight is 316 g/mol. The molecule has 0 saturated heterocycles. The zero-order valence-corrected chi connectivity index (χ0v) is 13.8. The largest absolute Gasteiger partial charge is 0.445 e. The van der Waals surface area contributed by atoms with Gasteiger partial charge in [-0.25, -0.2) is 4.79 Å². The summed E-state index contributed by atoms with van der Waals surface area (Å²) in [6.45, 7) is 1.98. The molecule has 0 spiro atoms. The first-order valence-corrected chi connectivity index (χ1v) is 8.93. The van der Waals surface area contributed by atoms with E-state index in [1.807, 2.05) is 35.2 Å². The number of carbonyl (C=O) groups excluding carboxylic acids is 1. The second kappa shape index (κ2) is 7.82. The predicted octanol–water partition coefficient (Wildman–Crippen LogP) is 3.55. The third kappa shape index (κ3) is 4.71. The van der Waals surface area contributed by atoms with Gasteiger partial charge in [-0.15, -0.1) is 0 Å². The molecule has 2 atom stereocenters. The first-order valence-electron chi connectivity index (χ1n) is 8.93. The number of hydrogen-bond donors (Lipinski definition) is 1. The minimum Gasteiger partial charge on any atom is -0.445 e. The topological polar surface area (TPSA) is 55.6 Å². The third-order valence-corrected chi connectivity index (χ3v) is 5.11. The smallest absolute Gasteiger partial charge is 0.410 e. The van der Waals surface area contributed by atoms with Crippen molar-refractivity contribution < 1.29 is 9.53 Å². The number of nitrogens with zero attached hydrogens (tertiary/aromatic N) is 1. The lowest BCUT2D eigenvalue weighted by atomic mass is 9.81. The van der Waals surface area contributed by atoms with Crippen molar-refractivity contribution in [1.29, 1.82) is 0 Å². The Morgan fingerprint density at radius 3 is 2.57 bits per heavy atom. The molecule has 0 aliphatic heterocycles. The van der Waals surface area contributed by atoms with Crippen LogP contribution in [-0.2, 0) is 11.3 Å². The molecule has 0 radical (unpaired) electrons. The quantitative estimate of drug-likeness (QED) is 0.873. The van der Waals surface area contributed by atoms with Crippen LogP contribution in [-0.4, -0.2) is 30.1 Å². The standard InChI is InChI=1S/C19H28N2O2/c20-12-16-7-4-8-17(11-16)13-21(18-9-10-18)19(22)23-14-15-5-2-1-3-6-15/h1-3,5-6,16-18H,4,7-14,20H2/t16-,17+/m1/s1. The maximum atomic E-state index is 12.5. The van der Waals surface area contributed by atoms with Gasteiger partial charge in [-0.05, 0) is 56.0 Å². The molecule has 1 aromatic carbocycles. The van der Waals surface area contributed by atoms with Crippen LogP contribution in [0.2, 0.25) is 0 Å². The van der Waals surface area contributed by atoms with E-state index in [1.54, 1.807) is 0 Å². The molecular formula is C19H28N2O2. The molecule has 1 aromatic rings. The predicted molar refractivity (Wildman–Crippen MR) is 90.9 cm³/mol. The molecule has 0 bridgehead atoms. The maximum absolute atomic E-state index is 12.5. The minimum atomic E-state index is -0.147. The molecule has 0 heterocycles. The van der Waals surface area contributed by atoms with Crippen LogP contribution >= 0.6 is 0 Å². The van der Waals surface area contributed by atoms with Gasteiger partial charge in [-0.2, -0.15) is 0 Å². The molecule has 2 aliphatic carbocycles. The van der Waals surface area contributed by atoms with Crippen molar-refractivity contribution in [2.24, 2.45) is 17.6 Å². The normalized spacial score (nSPS) is 24.2. The summed E-state index contributed by atoms with van der Waals surface area (Å²) in [6.07, 6.45) is 6.95. The van der Waals surface area contributed by atoms with Gasteiger partial charge in [0.05, 0.1) is 0 Å². The van der Waals surface area contributed by atoms with E-state index in [0.717, 1.165) is 37.9 Å². The fourth-order valence-corrected chi connectivity index (χ4v) is 3.62. The van der Waals surface area contributed by atoms with Gasteiger partial charge < -0.3 is 15.4 Å². The molecule has 0 unspecified atom stereocenters. The van der Waals surface area contributed by atoms with Crippen LogP contribution in [0.5, 0.6) is 0 Å². The van der Waals surface area contributed by atoms with Crippen molar-refractivity contribution in [2.45, 2.75) is 51.2 Å². The molecule has 1 amide bonds. The molecule has 2 saturated carbocycles. The molecule has 4 nitrogen and oxygen atoms in total. The zero-order valence-electron chi connectivity index (χ0n) is 13.8. The zero-order chi connectivity index (χ0) is 16.1. The minimum absolute atomic E-state index is 0.147. The Morgan fingerprint density at radius 1 is 1.13 bits per heavy atom. The van der Waals surface area contributed by atoms with Crippen molar-refractivity contribution in [1.82, 2.24) is 4.90 Å². The van der Waals surface area contributed by atoms with Crippen LogP contribution in [0.25, 0.3) is 0 Å². The van der Waals surface area contributed by atoms with Gasteiger partial charge >= 0.3 is 6.09 Å². The summed E-state index contributed by atoms with van der Waals surface area (Å²) in [7, 11) is 0. The van der Waals surface area contributed by atoms with Gasteiger partial charge in [0.15, 0.2) is 0 Å². The van der Waals surface area contributed by atoms with Crippen molar-refractivity contribution >= 4 is 6.09 Å².